The molecule has 1 fully saturated rings. The Balaban J connectivity index is 1.59. The number of aromatic nitrogens is 1. The van der Waals surface area contributed by atoms with Gasteiger partial charge in [0, 0.05) is 6.07 Å². The Labute approximate surface area is 142 Å². The molecule has 1 aliphatic rings. The van der Waals surface area contributed by atoms with Gasteiger partial charge in [-0.25, -0.2) is 4.98 Å². The molecule has 1 saturated heterocycles. The van der Waals surface area contributed by atoms with E-state index in [-0.39, 0.29) is 0 Å². The number of benzene rings is 1. The molecule has 2 heterocycles. The zero-order valence-corrected chi connectivity index (χ0v) is 14.1. The number of anilines is 1. The highest BCUT2D eigenvalue weighted by Crippen LogP contribution is 2.26. The van der Waals surface area contributed by atoms with Crippen LogP contribution in [0.25, 0.3) is 0 Å². The molecule has 0 spiro atoms. The molecular formula is C18H23N4O2+. The third kappa shape index (κ3) is 3.76. The Morgan fingerprint density at radius 1 is 1.00 bits per heavy atom. The van der Waals surface area contributed by atoms with E-state index >= 15 is 0 Å². The van der Waals surface area contributed by atoms with Crippen LogP contribution in [0.15, 0.2) is 47.7 Å². The van der Waals surface area contributed by atoms with Crippen LogP contribution >= 0.6 is 0 Å². The third-order valence-electron chi connectivity index (χ3n) is 4.07. The molecule has 0 unspecified atom stereocenters. The van der Waals surface area contributed by atoms with Gasteiger partial charge < -0.3 is 9.47 Å². The maximum atomic E-state index is 5.32. The number of nitrogens with one attached hydrogen (secondary N) is 1. The summed E-state index contributed by atoms with van der Waals surface area (Å²) in [5.74, 6) is 2.59. The van der Waals surface area contributed by atoms with Gasteiger partial charge in [0.15, 0.2) is 11.5 Å². The van der Waals surface area contributed by atoms with Crippen molar-refractivity contribution < 1.29 is 14.5 Å². The summed E-state index contributed by atoms with van der Waals surface area (Å²) in [4.78, 5) is 5.61. The summed E-state index contributed by atoms with van der Waals surface area (Å²) in [6.45, 7) is 3.69. The number of pyridine rings is 1. The molecule has 24 heavy (non-hydrogen) atoms. The summed E-state index contributed by atoms with van der Waals surface area (Å²) in [7, 11) is 3.27. The average molecular weight is 327 g/mol. The fraction of sp³-hybridized carbons (Fsp3) is 0.333. The van der Waals surface area contributed by atoms with Crippen LogP contribution < -0.4 is 19.4 Å². The Bertz CT molecular complexity index is 683. The minimum atomic E-state index is 0.714. The number of ether oxygens (including phenoxy) is 2. The van der Waals surface area contributed by atoms with Crippen molar-refractivity contribution in [1.82, 2.24) is 5.01 Å². The van der Waals surface area contributed by atoms with Crippen molar-refractivity contribution in [2.75, 3.05) is 45.3 Å². The van der Waals surface area contributed by atoms with Crippen LogP contribution in [0.1, 0.15) is 5.56 Å². The molecule has 1 aromatic heterocycles. The van der Waals surface area contributed by atoms with Crippen molar-refractivity contribution in [2.45, 2.75) is 0 Å². The second kappa shape index (κ2) is 7.68. The minimum absolute atomic E-state index is 0.714. The summed E-state index contributed by atoms with van der Waals surface area (Å²) < 4.78 is 10.6. The first-order valence-electron chi connectivity index (χ1n) is 8.03. The molecule has 0 saturated carbocycles. The largest absolute Gasteiger partial charge is 0.493 e. The van der Waals surface area contributed by atoms with Crippen LogP contribution in [-0.4, -0.2) is 51.6 Å². The molecule has 1 aliphatic heterocycles. The van der Waals surface area contributed by atoms with E-state index in [1.54, 1.807) is 14.2 Å². The molecule has 0 amide bonds. The topological polar surface area (TPSA) is 51.4 Å². The third-order valence-corrected chi connectivity index (χ3v) is 4.07. The molecule has 126 valence electrons. The van der Waals surface area contributed by atoms with Gasteiger partial charge in [-0.3, -0.25) is 9.91 Å². The van der Waals surface area contributed by atoms with Crippen LogP contribution in [0.2, 0.25) is 0 Å². The van der Waals surface area contributed by atoms with Crippen molar-refractivity contribution in [2.24, 2.45) is 5.10 Å². The minimum Gasteiger partial charge on any atom is -0.493 e. The molecule has 1 aromatic carbocycles. The lowest BCUT2D eigenvalue weighted by Gasteiger charge is -2.28. The Morgan fingerprint density at radius 2 is 1.79 bits per heavy atom. The molecule has 6 nitrogen and oxygen atoms in total. The highest BCUT2D eigenvalue weighted by Gasteiger charge is 2.21. The van der Waals surface area contributed by atoms with Crippen LogP contribution in [-0.2, 0) is 0 Å². The number of hydrazone groups is 1. The summed E-state index contributed by atoms with van der Waals surface area (Å²) in [5.41, 5.74) is 0.992. The molecule has 3 rings (SSSR count). The highest BCUT2D eigenvalue weighted by atomic mass is 16.5. The zero-order valence-electron chi connectivity index (χ0n) is 14.1. The van der Waals surface area contributed by atoms with E-state index < -0.39 is 0 Å². The molecule has 0 atom stereocenters. The lowest BCUT2D eigenvalue weighted by atomic mass is 10.2. The number of hydrogen-bond donors (Lipinski definition) is 0. The summed E-state index contributed by atoms with van der Waals surface area (Å²) >= 11 is 0. The second-order valence-corrected chi connectivity index (χ2v) is 5.55. The van der Waals surface area contributed by atoms with E-state index in [0.717, 1.165) is 43.3 Å². The van der Waals surface area contributed by atoms with Crippen LogP contribution in [0.5, 0.6) is 11.5 Å². The maximum absolute atomic E-state index is 5.32. The average Bonchev–Trinajstić information content (AvgIpc) is 2.67. The van der Waals surface area contributed by atoms with Crippen LogP contribution in [0.3, 0.4) is 0 Å². The van der Waals surface area contributed by atoms with Gasteiger partial charge in [0.1, 0.15) is 13.1 Å². The fourth-order valence-corrected chi connectivity index (χ4v) is 2.71. The van der Waals surface area contributed by atoms with Crippen LogP contribution in [0.4, 0.5) is 5.82 Å². The maximum Gasteiger partial charge on any atom is 0.274 e. The van der Waals surface area contributed by atoms with Gasteiger partial charge in [0.25, 0.3) is 5.82 Å². The smallest absolute Gasteiger partial charge is 0.274 e. The molecule has 0 radical (unpaired) electrons. The molecule has 0 aliphatic carbocycles. The van der Waals surface area contributed by atoms with Gasteiger partial charge in [-0.1, -0.05) is 6.07 Å². The van der Waals surface area contributed by atoms with E-state index in [9.17, 15) is 0 Å². The zero-order chi connectivity index (χ0) is 16.8. The Morgan fingerprint density at radius 3 is 2.46 bits per heavy atom. The number of piperazine rings is 1. The summed E-state index contributed by atoms with van der Waals surface area (Å²) in [5, 5.41) is 6.68. The highest BCUT2D eigenvalue weighted by molar-refractivity contribution is 5.80. The number of nitrogens with zero attached hydrogens (tertiary/aromatic N) is 3. The number of rotatable bonds is 5. The summed E-state index contributed by atoms with van der Waals surface area (Å²) in [6.07, 6.45) is 3.82. The van der Waals surface area contributed by atoms with Gasteiger partial charge >= 0.3 is 0 Å². The summed E-state index contributed by atoms with van der Waals surface area (Å²) in [6, 6.07) is 11.9. The van der Waals surface area contributed by atoms with Crippen molar-refractivity contribution in [3.05, 3.63) is 48.2 Å². The lowest BCUT2D eigenvalue weighted by molar-refractivity contribution is -0.364. The molecule has 1 N–H and O–H groups in total. The Kier molecular flexibility index (Phi) is 5.15. The molecular weight excluding hydrogens is 304 g/mol. The molecule has 6 heteroatoms. The van der Waals surface area contributed by atoms with E-state index in [2.05, 4.69) is 26.1 Å². The monoisotopic (exact) mass is 327 g/mol. The quantitative estimate of drug-likeness (QED) is 0.784. The van der Waals surface area contributed by atoms with Crippen molar-refractivity contribution in [3.63, 3.8) is 0 Å². The first-order chi connectivity index (χ1) is 11.8. The first kappa shape index (κ1) is 16.1. The second-order valence-electron chi connectivity index (χ2n) is 5.55. The Hall–Kier alpha value is -2.76. The van der Waals surface area contributed by atoms with E-state index in [1.807, 2.05) is 42.7 Å². The lowest BCUT2D eigenvalue weighted by Crippen LogP contribution is -2.45. The van der Waals surface area contributed by atoms with Gasteiger partial charge in [-0.05, 0) is 29.8 Å². The normalized spacial score (nSPS) is 14.9. The van der Waals surface area contributed by atoms with Crippen molar-refractivity contribution >= 4 is 12.0 Å². The standard InChI is InChI=1S/C18H22N4O2/c1-23-16-7-6-15(13-17(16)24-2)14-20-22-11-9-21(10-12-22)18-5-3-4-8-19-18/h3-8,13-14H,9-12H2,1-2H3/p+1/b20-14-. The SMILES string of the molecule is COc1ccc(/C=N\N2CCN(c3cccc[nH+]3)CC2)cc1OC. The molecule has 0 bridgehead atoms. The first-order valence-corrected chi connectivity index (χ1v) is 8.03. The van der Waals surface area contributed by atoms with Gasteiger partial charge in [0.2, 0.25) is 0 Å². The predicted octanol–water partition coefficient (Wildman–Crippen LogP) is 1.67. The van der Waals surface area contributed by atoms with E-state index in [1.165, 1.54) is 0 Å². The van der Waals surface area contributed by atoms with Gasteiger partial charge in [0.05, 0.1) is 39.7 Å². The van der Waals surface area contributed by atoms with Gasteiger partial charge in [-0.2, -0.15) is 5.10 Å². The molecule has 2 aromatic rings. The number of H-pyrrole nitrogens is 1. The number of hydrogen-bond acceptors (Lipinski definition) is 5. The number of aromatic amines is 1. The van der Waals surface area contributed by atoms with Gasteiger partial charge in [-0.15, -0.1) is 0 Å². The fourth-order valence-electron chi connectivity index (χ4n) is 2.71. The van der Waals surface area contributed by atoms with Crippen molar-refractivity contribution in [1.29, 1.82) is 0 Å². The van der Waals surface area contributed by atoms with E-state index in [0.29, 0.717) is 5.75 Å². The predicted molar refractivity (Wildman–Crippen MR) is 93.9 cm³/mol. The van der Waals surface area contributed by atoms with Crippen molar-refractivity contribution in [3.8, 4) is 11.5 Å². The van der Waals surface area contributed by atoms with E-state index in [4.69, 9.17) is 9.47 Å². The number of methoxy groups -OCH3 is 2. The van der Waals surface area contributed by atoms with Crippen LogP contribution in [0, 0.1) is 0 Å².